The van der Waals surface area contributed by atoms with Crippen LogP contribution in [0.3, 0.4) is 0 Å². The second-order valence-corrected chi connectivity index (χ2v) is 6.03. The van der Waals surface area contributed by atoms with Gasteiger partial charge in [0, 0.05) is 25.1 Å². The van der Waals surface area contributed by atoms with E-state index in [1.54, 1.807) is 12.1 Å². The molecule has 0 aromatic heterocycles. The number of amides is 3. The summed E-state index contributed by atoms with van der Waals surface area (Å²) in [6, 6.07) is 7.28. The molecule has 1 aromatic rings. The molecule has 8 nitrogen and oxygen atoms in total. The van der Waals surface area contributed by atoms with Crippen molar-refractivity contribution in [2.45, 2.75) is 32.1 Å². The number of unbranched alkanes of at least 4 members (excludes halogenated alkanes) is 1. The van der Waals surface area contributed by atoms with Crippen LogP contribution >= 0.6 is 0 Å². The monoisotopic (exact) mass is 362 g/mol. The van der Waals surface area contributed by atoms with E-state index >= 15 is 0 Å². The molecule has 1 saturated heterocycles. The van der Waals surface area contributed by atoms with E-state index in [1.807, 2.05) is 12.1 Å². The highest BCUT2D eigenvalue weighted by molar-refractivity contribution is 5.99. The van der Waals surface area contributed by atoms with Crippen molar-refractivity contribution < 1.29 is 29.0 Å². The molecule has 1 aliphatic rings. The van der Waals surface area contributed by atoms with Crippen molar-refractivity contribution in [2.75, 3.05) is 25.1 Å². The number of likely N-dealkylation sites (tertiary alicyclic amines) is 1. The first kappa shape index (κ1) is 19.6. The maximum absolute atomic E-state index is 11.7. The number of aliphatic carboxylic acids is 1. The maximum atomic E-state index is 11.7. The summed E-state index contributed by atoms with van der Waals surface area (Å²) in [4.78, 5) is 46.1. The van der Waals surface area contributed by atoms with E-state index in [4.69, 9.17) is 9.84 Å². The van der Waals surface area contributed by atoms with Gasteiger partial charge in [-0.15, -0.1) is 0 Å². The van der Waals surface area contributed by atoms with Gasteiger partial charge in [0.2, 0.25) is 17.7 Å². The van der Waals surface area contributed by atoms with E-state index < -0.39 is 18.5 Å². The predicted molar refractivity (Wildman–Crippen MR) is 92.4 cm³/mol. The molecule has 1 aromatic carbocycles. The van der Waals surface area contributed by atoms with Crippen molar-refractivity contribution in [3.05, 3.63) is 29.8 Å². The fourth-order valence-electron chi connectivity index (χ4n) is 2.50. The van der Waals surface area contributed by atoms with Crippen LogP contribution in [-0.2, 0) is 30.3 Å². The van der Waals surface area contributed by atoms with Crippen LogP contribution in [0, 0.1) is 0 Å². The Morgan fingerprint density at radius 1 is 1.12 bits per heavy atom. The summed E-state index contributed by atoms with van der Waals surface area (Å²) >= 11 is 0. The molecule has 8 heteroatoms. The molecule has 1 heterocycles. The number of carboxylic acids is 1. The summed E-state index contributed by atoms with van der Waals surface area (Å²) in [6.45, 7) is -0.283. The average Bonchev–Trinajstić information content (AvgIpc) is 2.58. The smallest absolute Gasteiger partial charge is 0.329 e. The number of benzene rings is 1. The number of anilines is 1. The van der Waals surface area contributed by atoms with Gasteiger partial charge in [0.25, 0.3) is 0 Å². The number of carbonyl (C=O) groups is 4. The zero-order valence-corrected chi connectivity index (χ0v) is 14.4. The molecule has 140 valence electrons. The maximum Gasteiger partial charge on any atom is 0.329 e. The van der Waals surface area contributed by atoms with Gasteiger partial charge in [-0.05, 0) is 37.0 Å². The molecule has 1 aliphatic heterocycles. The number of aryl methyl sites for hydroxylation is 1. The van der Waals surface area contributed by atoms with Gasteiger partial charge in [0.1, 0.15) is 13.2 Å². The van der Waals surface area contributed by atoms with Crippen molar-refractivity contribution in [3.63, 3.8) is 0 Å². The van der Waals surface area contributed by atoms with Crippen LogP contribution in [0.4, 0.5) is 5.69 Å². The summed E-state index contributed by atoms with van der Waals surface area (Å²) in [5.74, 6) is -1.72. The Labute approximate surface area is 151 Å². The third-order valence-corrected chi connectivity index (χ3v) is 3.95. The Kier molecular flexibility index (Phi) is 7.28. The van der Waals surface area contributed by atoms with Crippen LogP contribution in [0.15, 0.2) is 24.3 Å². The van der Waals surface area contributed by atoms with Gasteiger partial charge in [-0.25, -0.2) is 4.79 Å². The number of ether oxygens (including phenoxy) is 1. The molecule has 0 spiro atoms. The van der Waals surface area contributed by atoms with Gasteiger partial charge in [-0.1, -0.05) is 12.1 Å². The summed E-state index contributed by atoms with van der Waals surface area (Å²) < 4.78 is 4.71. The molecule has 3 amide bonds. The SMILES string of the molecule is O=C(O)COCC(=O)Nc1ccc(CCCCC(=O)N2CCC2=O)cc1. The molecule has 0 atom stereocenters. The molecule has 26 heavy (non-hydrogen) atoms. The first-order valence-corrected chi connectivity index (χ1v) is 8.47. The fourth-order valence-corrected chi connectivity index (χ4v) is 2.50. The Hall–Kier alpha value is -2.74. The summed E-state index contributed by atoms with van der Waals surface area (Å²) in [5, 5.41) is 11.0. The largest absolute Gasteiger partial charge is 0.480 e. The second-order valence-electron chi connectivity index (χ2n) is 6.03. The number of β-lactam (4-membered cyclic amide) rings is 1. The Balaban J connectivity index is 1.64. The first-order chi connectivity index (χ1) is 12.5. The molecular formula is C18H22N2O6. The van der Waals surface area contributed by atoms with Crippen LogP contribution in [0.1, 0.15) is 31.2 Å². The molecule has 2 N–H and O–H groups in total. The molecule has 0 saturated carbocycles. The number of hydrogen-bond donors (Lipinski definition) is 2. The number of nitrogens with one attached hydrogen (secondary N) is 1. The minimum absolute atomic E-state index is 0.0824. The van der Waals surface area contributed by atoms with E-state index in [0.29, 0.717) is 25.1 Å². The van der Waals surface area contributed by atoms with Crippen LogP contribution in [0.25, 0.3) is 0 Å². The predicted octanol–water partition coefficient (Wildman–Crippen LogP) is 1.20. The standard InChI is InChI=1S/C18H22N2O6/c21-15(11-26-12-18(24)25)19-14-7-5-13(6-8-14)3-1-2-4-16(22)20-10-9-17(20)23/h5-8H,1-4,9-12H2,(H,19,21)(H,24,25). The molecule has 0 radical (unpaired) electrons. The Morgan fingerprint density at radius 3 is 2.42 bits per heavy atom. The van der Waals surface area contributed by atoms with Gasteiger partial charge in [-0.3, -0.25) is 19.3 Å². The quantitative estimate of drug-likeness (QED) is 0.478. The van der Waals surface area contributed by atoms with E-state index in [-0.39, 0.29) is 18.4 Å². The van der Waals surface area contributed by atoms with Gasteiger partial charge in [0.05, 0.1) is 0 Å². The van der Waals surface area contributed by atoms with Crippen molar-refractivity contribution in [2.24, 2.45) is 0 Å². The highest BCUT2D eigenvalue weighted by Gasteiger charge is 2.28. The lowest BCUT2D eigenvalue weighted by Crippen LogP contribution is -2.47. The highest BCUT2D eigenvalue weighted by Crippen LogP contribution is 2.15. The van der Waals surface area contributed by atoms with E-state index in [2.05, 4.69) is 5.32 Å². The third kappa shape index (κ3) is 6.29. The van der Waals surface area contributed by atoms with E-state index in [0.717, 1.165) is 24.8 Å². The number of hydrogen-bond acceptors (Lipinski definition) is 5. The van der Waals surface area contributed by atoms with Gasteiger partial charge in [0.15, 0.2) is 0 Å². The molecule has 2 rings (SSSR count). The number of carboxylic acid groups (broad SMARTS) is 1. The van der Waals surface area contributed by atoms with Gasteiger partial charge < -0.3 is 15.2 Å². The highest BCUT2D eigenvalue weighted by atomic mass is 16.5. The fraction of sp³-hybridized carbons (Fsp3) is 0.444. The van der Waals surface area contributed by atoms with Crippen molar-refractivity contribution in [3.8, 4) is 0 Å². The van der Waals surface area contributed by atoms with E-state index in [1.165, 1.54) is 4.90 Å². The third-order valence-electron chi connectivity index (χ3n) is 3.95. The number of nitrogens with zero attached hydrogens (tertiary/aromatic N) is 1. The molecule has 1 fully saturated rings. The summed E-state index contributed by atoms with van der Waals surface area (Å²) in [6.07, 6.45) is 3.22. The number of rotatable bonds is 10. The zero-order valence-electron chi connectivity index (χ0n) is 14.4. The minimum Gasteiger partial charge on any atom is -0.480 e. The normalized spacial score (nSPS) is 13.2. The lowest BCUT2D eigenvalue weighted by molar-refractivity contribution is -0.152. The Bertz CT molecular complexity index is 671. The van der Waals surface area contributed by atoms with Crippen molar-refractivity contribution in [1.82, 2.24) is 4.90 Å². The first-order valence-electron chi connectivity index (χ1n) is 8.47. The molecule has 0 aliphatic carbocycles. The number of imide groups is 1. The van der Waals surface area contributed by atoms with Crippen molar-refractivity contribution >= 4 is 29.4 Å². The van der Waals surface area contributed by atoms with E-state index in [9.17, 15) is 19.2 Å². The van der Waals surface area contributed by atoms with Crippen molar-refractivity contribution in [1.29, 1.82) is 0 Å². The van der Waals surface area contributed by atoms with Crippen LogP contribution in [0.2, 0.25) is 0 Å². The van der Waals surface area contributed by atoms with Crippen LogP contribution < -0.4 is 5.32 Å². The lowest BCUT2D eigenvalue weighted by Gasteiger charge is -2.28. The zero-order chi connectivity index (χ0) is 18.9. The average molecular weight is 362 g/mol. The molecular weight excluding hydrogens is 340 g/mol. The minimum atomic E-state index is -1.12. The topological polar surface area (TPSA) is 113 Å². The van der Waals surface area contributed by atoms with Gasteiger partial charge in [-0.2, -0.15) is 0 Å². The summed E-state index contributed by atoms with van der Waals surface area (Å²) in [7, 11) is 0. The Morgan fingerprint density at radius 2 is 1.85 bits per heavy atom. The van der Waals surface area contributed by atoms with Crippen LogP contribution in [-0.4, -0.2) is 53.5 Å². The van der Waals surface area contributed by atoms with Gasteiger partial charge >= 0.3 is 5.97 Å². The van der Waals surface area contributed by atoms with Crippen LogP contribution in [0.5, 0.6) is 0 Å². The second kappa shape index (κ2) is 9.67. The lowest BCUT2D eigenvalue weighted by atomic mass is 10.1. The summed E-state index contributed by atoms with van der Waals surface area (Å²) in [5.41, 5.74) is 1.68. The molecule has 0 bridgehead atoms. The molecule has 0 unspecified atom stereocenters. The number of carbonyl (C=O) groups excluding carboxylic acids is 3.